The first kappa shape index (κ1) is 16.8. The van der Waals surface area contributed by atoms with E-state index in [1.165, 1.54) is 16.9 Å². The van der Waals surface area contributed by atoms with Gasteiger partial charge in [-0.25, -0.2) is 9.78 Å². The van der Waals surface area contributed by atoms with Gasteiger partial charge in [-0.05, 0) is 30.4 Å². The van der Waals surface area contributed by atoms with E-state index < -0.39 is 6.09 Å². The van der Waals surface area contributed by atoms with Crippen LogP contribution in [0.1, 0.15) is 23.3 Å². The summed E-state index contributed by atoms with van der Waals surface area (Å²) in [4.78, 5) is 18.5. The summed E-state index contributed by atoms with van der Waals surface area (Å²) in [6, 6.07) is 8.20. The third-order valence-electron chi connectivity index (χ3n) is 3.15. The molecule has 0 spiro atoms. The second-order valence-electron chi connectivity index (χ2n) is 4.85. The molecular formula is C15H17N5O2S. The highest BCUT2D eigenvalue weighted by atomic mass is 32.1. The van der Waals surface area contributed by atoms with Gasteiger partial charge in [0.05, 0.1) is 4.88 Å². The normalized spacial score (nSPS) is 10.1. The first-order chi connectivity index (χ1) is 11.2. The second kappa shape index (κ2) is 8.77. The Morgan fingerprint density at radius 2 is 2.13 bits per heavy atom. The topological polar surface area (TPSA) is 114 Å². The number of carbonyl (C=O) groups is 1. The minimum atomic E-state index is -0.787. The predicted octanol–water partition coefficient (Wildman–Crippen LogP) is 4.04. The Labute approximate surface area is 137 Å². The maximum atomic E-state index is 10.6. The summed E-state index contributed by atoms with van der Waals surface area (Å²) in [5, 5.41) is 4.40. The summed E-state index contributed by atoms with van der Waals surface area (Å²) in [6.45, 7) is 0.695. The van der Waals surface area contributed by atoms with E-state index in [-0.39, 0.29) is 6.61 Å². The van der Waals surface area contributed by atoms with Crippen LogP contribution < -0.4 is 5.73 Å². The fourth-order valence-corrected chi connectivity index (χ4v) is 2.85. The van der Waals surface area contributed by atoms with Crippen molar-refractivity contribution in [2.24, 2.45) is 10.8 Å². The van der Waals surface area contributed by atoms with Crippen molar-refractivity contribution in [1.29, 1.82) is 0 Å². The first-order valence-corrected chi connectivity index (χ1v) is 7.98. The number of aromatic nitrogens is 1. The van der Waals surface area contributed by atoms with E-state index in [1.54, 1.807) is 6.20 Å². The van der Waals surface area contributed by atoms with Gasteiger partial charge in [0.2, 0.25) is 0 Å². The number of amides is 1. The highest BCUT2D eigenvalue weighted by Crippen LogP contribution is 2.26. The lowest BCUT2D eigenvalue weighted by atomic mass is 10.1. The van der Waals surface area contributed by atoms with Crippen molar-refractivity contribution in [3.05, 3.63) is 51.3 Å². The van der Waals surface area contributed by atoms with E-state index in [9.17, 15) is 4.79 Å². The van der Waals surface area contributed by atoms with E-state index in [0.717, 1.165) is 34.7 Å². The highest BCUT2D eigenvalue weighted by Gasteiger charge is 2.06. The number of ether oxygens (including phenoxy) is 1. The number of nitrogens with two attached hydrogens (primary N) is 1. The molecular weight excluding hydrogens is 314 g/mol. The summed E-state index contributed by atoms with van der Waals surface area (Å²) in [5.41, 5.74) is 15.4. The van der Waals surface area contributed by atoms with Crippen molar-refractivity contribution in [2.75, 3.05) is 6.54 Å². The van der Waals surface area contributed by atoms with Crippen LogP contribution in [0.15, 0.2) is 35.6 Å². The van der Waals surface area contributed by atoms with Gasteiger partial charge < -0.3 is 10.5 Å². The van der Waals surface area contributed by atoms with Gasteiger partial charge in [-0.3, -0.25) is 0 Å². The Balaban J connectivity index is 1.89. The van der Waals surface area contributed by atoms with Crippen LogP contribution in [-0.4, -0.2) is 17.6 Å². The number of thiazole rings is 1. The van der Waals surface area contributed by atoms with Gasteiger partial charge in [0.1, 0.15) is 11.6 Å². The largest absolute Gasteiger partial charge is 0.444 e. The summed E-state index contributed by atoms with van der Waals surface area (Å²) in [7, 11) is 0. The van der Waals surface area contributed by atoms with Gasteiger partial charge in [-0.2, -0.15) is 0 Å². The first-order valence-electron chi connectivity index (χ1n) is 7.16. The lowest BCUT2D eigenvalue weighted by molar-refractivity contribution is 0.151. The Morgan fingerprint density at radius 3 is 2.83 bits per heavy atom. The molecule has 0 radical (unpaired) electrons. The summed E-state index contributed by atoms with van der Waals surface area (Å²) in [6.07, 6.45) is 3.74. The van der Waals surface area contributed by atoms with Crippen LogP contribution in [-0.2, 0) is 17.8 Å². The van der Waals surface area contributed by atoms with Crippen molar-refractivity contribution in [1.82, 2.24) is 4.98 Å². The fourth-order valence-electron chi connectivity index (χ4n) is 2.02. The molecule has 8 heteroatoms. The number of primary amides is 1. The van der Waals surface area contributed by atoms with Crippen LogP contribution in [0.2, 0.25) is 0 Å². The van der Waals surface area contributed by atoms with Crippen molar-refractivity contribution in [3.8, 4) is 10.6 Å². The molecule has 0 fully saturated rings. The van der Waals surface area contributed by atoms with Crippen LogP contribution in [0.4, 0.5) is 4.79 Å². The van der Waals surface area contributed by atoms with Gasteiger partial charge in [-0.15, -0.1) is 11.3 Å². The Bertz CT molecular complexity index is 692. The Kier molecular flexibility index (Phi) is 6.40. The van der Waals surface area contributed by atoms with Crippen molar-refractivity contribution in [2.45, 2.75) is 25.9 Å². The van der Waals surface area contributed by atoms with Crippen LogP contribution >= 0.6 is 11.3 Å². The molecule has 2 aromatic rings. The number of azide groups is 1. The third kappa shape index (κ3) is 5.61. The predicted molar refractivity (Wildman–Crippen MR) is 88.9 cm³/mol. The number of nitrogens with zero attached hydrogens (tertiary/aromatic N) is 4. The Hall–Kier alpha value is -2.57. The van der Waals surface area contributed by atoms with E-state index in [1.807, 2.05) is 12.1 Å². The molecule has 1 aromatic heterocycles. The SMILES string of the molecule is [N-]=[N+]=NCCCCc1ccc(-c2ncc(COC(N)=O)s2)cc1. The lowest BCUT2D eigenvalue weighted by Crippen LogP contribution is -2.12. The second-order valence-corrected chi connectivity index (χ2v) is 5.96. The average Bonchev–Trinajstić information content (AvgIpc) is 3.02. The molecule has 2 N–H and O–H groups in total. The molecule has 0 aliphatic heterocycles. The molecule has 1 heterocycles. The van der Waals surface area contributed by atoms with E-state index in [2.05, 4.69) is 27.1 Å². The van der Waals surface area contributed by atoms with E-state index >= 15 is 0 Å². The molecule has 7 nitrogen and oxygen atoms in total. The van der Waals surface area contributed by atoms with Crippen molar-refractivity contribution >= 4 is 17.4 Å². The number of hydrogen-bond donors (Lipinski definition) is 1. The molecule has 1 aromatic carbocycles. The lowest BCUT2D eigenvalue weighted by Gasteiger charge is -2.02. The number of benzene rings is 1. The van der Waals surface area contributed by atoms with Crippen LogP contribution in [0, 0.1) is 0 Å². The standard InChI is InChI=1S/C15H17N5O2S/c16-15(21)22-10-13-9-18-14(23-13)12-6-4-11(5-7-12)3-1-2-8-19-20-17/h4-7,9H,1-3,8,10H2,(H2,16,21). The quantitative estimate of drug-likeness (QED) is 0.340. The molecule has 0 unspecified atom stereocenters. The molecule has 0 atom stereocenters. The van der Waals surface area contributed by atoms with Crippen molar-refractivity contribution in [3.63, 3.8) is 0 Å². The maximum Gasteiger partial charge on any atom is 0.404 e. The minimum absolute atomic E-state index is 0.149. The van der Waals surface area contributed by atoms with Gasteiger partial charge in [0, 0.05) is 23.2 Å². The summed E-state index contributed by atoms with van der Waals surface area (Å²) >= 11 is 1.47. The third-order valence-corrected chi connectivity index (χ3v) is 4.17. The summed E-state index contributed by atoms with van der Waals surface area (Å²) < 4.78 is 4.75. The van der Waals surface area contributed by atoms with Gasteiger partial charge in [0.15, 0.2) is 0 Å². The maximum absolute atomic E-state index is 10.6. The number of carbonyl (C=O) groups excluding carboxylic acids is 1. The molecule has 23 heavy (non-hydrogen) atoms. The molecule has 0 saturated carbocycles. The van der Waals surface area contributed by atoms with E-state index in [0.29, 0.717) is 6.54 Å². The molecule has 120 valence electrons. The number of hydrogen-bond acceptors (Lipinski definition) is 5. The minimum Gasteiger partial charge on any atom is -0.444 e. The van der Waals surface area contributed by atoms with Crippen LogP contribution in [0.3, 0.4) is 0 Å². The fraction of sp³-hybridized carbons (Fsp3) is 0.333. The van der Waals surface area contributed by atoms with Gasteiger partial charge >= 0.3 is 6.09 Å². The zero-order valence-electron chi connectivity index (χ0n) is 12.5. The van der Waals surface area contributed by atoms with Gasteiger partial charge in [0.25, 0.3) is 0 Å². The number of unbranched alkanes of at least 4 members (excludes halogenated alkanes) is 1. The molecule has 0 aliphatic carbocycles. The smallest absolute Gasteiger partial charge is 0.404 e. The monoisotopic (exact) mass is 331 g/mol. The molecule has 0 saturated heterocycles. The number of rotatable bonds is 8. The molecule has 1 amide bonds. The highest BCUT2D eigenvalue weighted by molar-refractivity contribution is 7.15. The average molecular weight is 331 g/mol. The molecule has 0 bridgehead atoms. The zero-order chi connectivity index (χ0) is 16.5. The van der Waals surface area contributed by atoms with Crippen molar-refractivity contribution < 1.29 is 9.53 Å². The number of aryl methyl sites for hydroxylation is 1. The zero-order valence-corrected chi connectivity index (χ0v) is 13.3. The van der Waals surface area contributed by atoms with Crippen LogP contribution in [0.25, 0.3) is 21.0 Å². The molecule has 0 aliphatic rings. The van der Waals surface area contributed by atoms with Crippen LogP contribution in [0.5, 0.6) is 0 Å². The van der Waals surface area contributed by atoms with Gasteiger partial charge in [-0.1, -0.05) is 29.4 Å². The summed E-state index contributed by atoms with van der Waals surface area (Å²) in [5.74, 6) is 0. The Morgan fingerprint density at radius 1 is 1.35 bits per heavy atom. The molecule has 2 rings (SSSR count). The van der Waals surface area contributed by atoms with E-state index in [4.69, 9.17) is 16.0 Å².